The summed E-state index contributed by atoms with van der Waals surface area (Å²) >= 11 is 5.32. The van der Waals surface area contributed by atoms with Crippen LogP contribution < -0.4 is 20.6 Å². The number of carbonyl (C=O) groups is 1. The van der Waals surface area contributed by atoms with E-state index in [1.807, 2.05) is 12.1 Å². The standard InChI is InChI=1S/C18H21N3O3S/c1-11(14-4-2-3-5-16(14)24-10-17(22)23)20-21-18(25)19-15-9-12-6-7-13(15)8-12/h2-7,12-13,15H,8-10H2,1H3,(H,22,23)(H2,19,21,25)/p-1/t12-,13+,15+/m1/s1. The molecule has 0 spiro atoms. The third-order valence-electron chi connectivity index (χ3n) is 4.54. The minimum Gasteiger partial charge on any atom is -0.546 e. The molecule has 0 amide bonds. The van der Waals surface area contributed by atoms with Crippen molar-refractivity contribution in [2.45, 2.75) is 25.8 Å². The molecule has 7 heteroatoms. The molecular weight excluding hydrogens is 338 g/mol. The smallest absolute Gasteiger partial charge is 0.187 e. The van der Waals surface area contributed by atoms with E-state index in [-0.39, 0.29) is 0 Å². The number of benzene rings is 1. The Morgan fingerprint density at radius 3 is 2.84 bits per heavy atom. The Morgan fingerprint density at radius 2 is 2.16 bits per heavy atom. The zero-order valence-electron chi connectivity index (χ0n) is 13.9. The highest BCUT2D eigenvalue weighted by molar-refractivity contribution is 7.80. The second kappa shape index (κ2) is 7.65. The van der Waals surface area contributed by atoms with Gasteiger partial charge in [-0.3, -0.25) is 5.43 Å². The number of rotatable bonds is 6. The molecule has 0 aliphatic heterocycles. The van der Waals surface area contributed by atoms with E-state index in [1.165, 1.54) is 6.42 Å². The number of aliphatic carboxylic acids is 1. The van der Waals surface area contributed by atoms with Crippen molar-refractivity contribution >= 4 is 29.0 Å². The maximum Gasteiger partial charge on any atom is 0.187 e. The van der Waals surface area contributed by atoms with Gasteiger partial charge in [-0.05, 0) is 56.0 Å². The first-order chi connectivity index (χ1) is 12.0. The molecule has 0 radical (unpaired) electrons. The predicted octanol–water partition coefficient (Wildman–Crippen LogP) is 0.968. The molecule has 2 aliphatic rings. The number of nitrogens with one attached hydrogen (secondary N) is 2. The van der Waals surface area contributed by atoms with Gasteiger partial charge in [0.05, 0.1) is 11.7 Å². The van der Waals surface area contributed by atoms with Gasteiger partial charge in [0.2, 0.25) is 0 Å². The normalized spacial score (nSPS) is 24.2. The summed E-state index contributed by atoms with van der Waals surface area (Å²) in [6.07, 6.45) is 6.84. The Balaban J connectivity index is 1.58. The first-order valence-corrected chi connectivity index (χ1v) is 8.65. The molecule has 1 saturated carbocycles. The molecule has 3 atom stereocenters. The van der Waals surface area contributed by atoms with Crippen LogP contribution in [0.15, 0.2) is 41.5 Å². The molecule has 6 nitrogen and oxygen atoms in total. The summed E-state index contributed by atoms with van der Waals surface area (Å²) in [5.74, 6) is 0.386. The molecular formula is C18H20N3O3S-. The van der Waals surface area contributed by atoms with Crippen LogP contribution >= 0.6 is 12.2 Å². The summed E-state index contributed by atoms with van der Waals surface area (Å²) in [7, 11) is 0. The molecule has 0 unspecified atom stereocenters. The van der Waals surface area contributed by atoms with Crippen molar-refractivity contribution < 1.29 is 14.6 Å². The number of hydrogen-bond acceptors (Lipinski definition) is 5. The fourth-order valence-electron chi connectivity index (χ4n) is 3.37. The lowest BCUT2D eigenvalue weighted by Gasteiger charge is -2.21. The van der Waals surface area contributed by atoms with E-state index in [0.717, 1.165) is 6.42 Å². The van der Waals surface area contributed by atoms with E-state index in [9.17, 15) is 9.90 Å². The molecule has 0 aromatic heterocycles. The number of fused-ring (bicyclic) bond motifs is 2. The lowest BCUT2D eigenvalue weighted by atomic mass is 10.0. The third kappa shape index (κ3) is 4.36. The van der Waals surface area contributed by atoms with Crippen molar-refractivity contribution in [2.75, 3.05) is 6.61 Å². The van der Waals surface area contributed by atoms with Crippen molar-refractivity contribution in [1.29, 1.82) is 0 Å². The summed E-state index contributed by atoms with van der Waals surface area (Å²) in [6.45, 7) is 1.30. The van der Waals surface area contributed by atoms with Crippen LogP contribution in [0.5, 0.6) is 5.75 Å². The van der Waals surface area contributed by atoms with Crippen molar-refractivity contribution in [1.82, 2.24) is 10.7 Å². The second-order valence-electron chi connectivity index (χ2n) is 6.33. The van der Waals surface area contributed by atoms with Gasteiger partial charge in [-0.2, -0.15) is 5.10 Å². The summed E-state index contributed by atoms with van der Waals surface area (Å²) in [5, 5.41) is 18.7. The van der Waals surface area contributed by atoms with Crippen LogP contribution in [0.3, 0.4) is 0 Å². The van der Waals surface area contributed by atoms with Crippen molar-refractivity contribution in [2.24, 2.45) is 16.9 Å². The summed E-state index contributed by atoms with van der Waals surface area (Å²) in [6, 6.07) is 7.46. The van der Waals surface area contributed by atoms with Gasteiger partial charge in [-0.25, -0.2) is 0 Å². The third-order valence-corrected chi connectivity index (χ3v) is 4.75. The molecule has 0 saturated heterocycles. The number of nitrogens with zero attached hydrogens (tertiary/aromatic N) is 1. The van der Waals surface area contributed by atoms with E-state index in [4.69, 9.17) is 17.0 Å². The topological polar surface area (TPSA) is 85.8 Å². The zero-order chi connectivity index (χ0) is 17.8. The van der Waals surface area contributed by atoms with E-state index >= 15 is 0 Å². The SMILES string of the molecule is CC(=NNC(=S)N[C@H]1C[C@@H]2C=C[C@H]1C2)c1ccccc1OCC(=O)[O-]. The number of carboxylic acids is 1. The number of thiocarbonyl (C=S) groups is 1. The van der Waals surface area contributed by atoms with Gasteiger partial charge in [-0.1, -0.05) is 24.3 Å². The van der Waals surface area contributed by atoms with Crippen LogP contribution in [0.25, 0.3) is 0 Å². The first-order valence-electron chi connectivity index (χ1n) is 8.24. The quantitative estimate of drug-likeness (QED) is 0.341. The maximum atomic E-state index is 10.6. The maximum absolute atomic E-state index is 10.6. The van der Waals surface area contributed by atoms with Crippen LogP contribution in [0, 0.1) is 11.8 Å². The molecule has 1 aromatic carbocycles. The molecule has 2 bridgehead atoms. The molecule has 3 rings (SSSR count). The van der Waals surface area contributed by atoms with Crippen LogP contribution in [0.2, 0.25) is 0 Å². The lowest BCUT2D eigenvalue weighted by Crippen LogP contribution is -2.42. The van der Waals surface area contributed by atoms with Gasteiger partial charge in [-0.15, -0.1) is 0 Å². The molecule has 132 valence electrons. The number of allylic oxidation sites excluding steroid dienone is 1. The van der Waals surface area contributed by atoms with Gasteiger partial charge in [0.25, 0.3) is 0 Å². The number of hydrogen-bond donors (Lipinski definition) is 2. The van der Waals surface area contributed by atoms with Gasteiger partial charge in [0, 0.05) is 11.6 Å². The lowest BCUT2D eigenvalue weighted by molar-refractivity contribution is -0.307. The minimum atomic E-state index is -1.27. The highest BCUT2D eigenvalue weighted by Gasteiger charge is 2.35. The molecule has 0 heterocycles. The Kier molecular flexibility index (Phi) is 5.33. The monoisotopic (exact) mass is 358 g/mol. The van der Waals surface area contributed by atoms with E-state index in [2.05, 4.69) is 28.0 Å². The largest absolute Gasteiger partial charge is 0.546 e. The number of carboxylic acid groups (broad SMARTS) is 1. The van der Waals surface area contributed by atoms with Gasteiger partial charge >= 0.3 is 0 Å². The Labute approximate surface area is 152 Å². The van der Waals surface area contributed by atoms with Crippen molar-refractivity contribution in [3.8, 4) is 5.75 Å². The summed E-state index contributed by atoms with van der Waals surface area (Å²) < 4.78 is 5.24. The molecule has 1 aromatic rings. The van der Waals surface area contributed by atoms with Crippen LogP contribution in [0.4, 0.5) is 0 Å². The average Bonchev–Trinajstić information content (AvgIpc) is 3.21. The Morgan fingerprint density at radius 1 is 1.36 bits per heavy atom. The summed E-state index contributed by atoms with van der Waals surface area (Å²) in [4.78, 5) is 10.6. The van der Waals surface area contributed by atoms with E-state index < -0.39 is 12.6 Å². The van der Waals surface area contributed by atoms with Crippen LogP contribution in [-0.2, 0) is 4.79 Å². The van der Waals surface area contributed by atoms with Crippen LogP contribution in [-0.4, -0.2) is 29.4 Å². The fourth-order valence-corrected chi connectivity index (χ4v) is 3.57. The number of para-hydroxylation sites is 1. The zero-order valence-corrected chi connectivity index (χ0v) is 14.7. The van der Waals surface area contributed by atoms with E-state index in [1.54, 1.807) is 19.1 Å². The number of hydrazone groups is 1. The first kappa shape index (κ1) is 17.4. The molecule has 1 fully saturated rings. The summed E-state index contributed by atoms with van der Waals surface area (Å²) in [5.41, 5.74) is 4.20. The van der Waals surface area contributed by atoms with Crippen molar-refractivity contribution in [3.05, 3.63) is 42.0 Å². The highest BCUT2D eigenvalue weighted by Crippen LogP contribution is 2.38. The molecule has 2 aliphatic carbocycles. The Hall–Kier alpha value is -2.41. The molecule has 25 heavy (non-hydrogen) atoms. The second-order valence-corrected chi connectivity index (χ2v) is 6.73. The van der Waals surface area contributed by atoms with Gasteiger partial charge in [0.1, 0.15) is 12.4 Å². The van der Waals surface area contributed by atoms with Crippen molar-refractivity contribution in [3.63, 3.8) is 0 Å². The van der Waals surface area contributed by atoms with Gasteiger partial charge in [0.15, 0.2) is 5.11 Å². The fraction of sp³-hybridized carbons (Fsp3) is 0.389. The Bertz CT molecular complexity index is 732. The highest BCUT2D eigenvalue weighted by atomic mass is 32.1. The van der Waals surface area contributed by atoms with Crippen LogP contribution in [0.1, 0.15) is 25.3 Å². The van der Waals surface area contributed by atoms with Gasteiger partial charge < -0.3 is 20.0 Å². The average molecular weight is 358 g/mol. The minimum absolute atomic E-state index is 0.365. The molecule has 2 N–H and O–H groups in total. The number of ether oxygens (including phenoxy) is 1. The van der Waals surface area contributed by atoms with E-state index in [0.29, 0.717) is 40.0 Å². The predicted molar refractivity (Wildman–Crippen MR) is 97.2 cm³/mol. The number of carbonyl (C=O) groups excluding carboxylic acids is 1.